The molecule has 584 valence electrons. The van der Waals surface area contributed by atoms with E-state index < -0.39 is 10.8 Å². The molecule has 3 aliphatic carbocycles. The van der Waals surface area contributed by atoms with E-state index in [1.807, 2.05) is 23.5 Å². The number of fused-ring (bicyclic) bond motifs is 18. The van der Waals surface area contributed by atoms with Crippen LogP contribution in [0.5, 0.6) is 0 Å². The summed E-state index contributed by atoms with van der Waals surface area (Å²) in [7, 11) is 0. The Kier molecular flexibility index (Phi) is 16.9. The SMILES string of the molecule is CC1(C)c2ccccc2-c2ccc(N(c3ccc(-c4cccc5c4oc4cc(C6(c7ccccc7)c7ccccc7-c7ccccc76)ccc45)cc3)c3ccc4c(c3)oc3ccccc34)cc21.c1ccc(N(c2ccccc2)c2ccc(-c3cccc(-c4cccc5c4sc4ccc(C6(c7ccccc7)c7ccccc7-c7ccccc76)cc45)c3)cc2)cc1. The lowest BCUT2D eigenvalue weighted by Crippen LogP contribution is -2.28. The van der Waals surface area contributed by atoms with Gasteiger partial charge in [-0.3, -0.25) is 0 Å². The number of furan rings is 2. The van der Waals surface area contributed by atoms with Crippen LogP contribution in [0.25, 0.3) is 131 Å². The van der Waals surface area contributed by atoms with Gasteiger partial charge in [-0.15, -0.1) is 11.3 Å². The largest absolute Gasteiger partial charge is 0.456 e. The van der Waals surface area contributed by atoms with Gasteiger partial charge in [-0.05, 0) is 220 Å². The lowest BCUT2D eigenvalue weighted by molar-refractivity contribution is 0.660. The third kappa shape index (κ3) is 11.3. The van der Waals surface area contributed by atoms with E-state index in [1.54, 1.807) is 0 Å². The average molecular weight is 1600 g/mol. The van der Waals surface area contributed by atoms with E-state index in [0.717, 1.165) is 89.1 Å². The molecule has 0 fully saturated rings. The normalized spacial score (nSPS) is 13.4. The smallest absolute Gasteiger partial charge is 0.143 e. The van der Waals surface area contributed by atoms with Crippen molar-refractivity contribution in [1.82, 2.24) is 0 Å². The van der Waals surface area contributed by atoms with E-state index in [-0.39, 0.29) is 5.41 Å². The molecule has 5 heteroatoms. The molecule has 0 aliphatic heterocycles. The van der Waals surface area contributed by atoms with Crippen LogP contribution in [0.1, 0.15) is 69.5 Å². The van der Waals surface area contributed by atoms with Crippen molar-refractivity contribution in [2.75, 3.05) is 9.80 Å². The summed E-state index contributed by atoms with van der Waals surface area (Å²) >= 11 is 1.90. The predicted molar refractivity (Wildman–Crippen MR) is 518 cm³/mol. The van der Waals surface area contributed by atoms with E-state index in [4.69, 9.17) is 8.83 Å². The molecule has 4 nitrogen and oxygen atoms in total. The number of para-hydroxylation sites is 4. The number of hydrogen-bond acceptors (Lipinski definition) is 5. The van der Waals surface area contributed by atoms with Gasteiger partial charge in [-0.1, -0.05) is 354 Å². The van der Waals surface area contributed by atoms with Gasteiger partial charge in [0, 0.05) is 92.9 Å². The number of thiophene rings is 1. The molecule has 22 aromatic rings. The molecule has 3 heterocycles. The number of benzene rings is 19. The summed E-state index contributed by atoms with van der Waals surface area (Å²) in [6, 6.07) is 164. The van der Waals surface area contributed by atoms with Gasteiger partial charge in [-0.25, -0.2) is 0 Å². The lowest BCUT2D eigenvalue weighted by Gasteiger charge is -2.34. The molecular weight excluding hydrogens is 1520 g/mol. The first kappa shape index (κ1) is 72.6. The van der Waals surface area contributed by atoms with Gasteiger partial charge in [-0.2, -0.15) is 0 Å². The second-order valence-corrected chi connectivity index (χ2v) is 34.7. The number of rotatable bonds is 13. The first-order chi connectivity index (χ1) is 61.2. The molecule has 0 atom stereocenters. The van der Waals surface area contributed by atoms with Crippen LogP contribution in [0.4, 0.5) is 34.1 Å². The molecule has 0 amide bonds. The van der Waals surface area contributed by atoms with Crippen LogP contribution in [0.3, 0.4) is 0 Å². The second-order valence-electron chi connectivity index (χ2n) is 33.6. The molecule has 0 bridgehead atoms. The Morgan fingerprint density at radius 3 is 1.23 bits per heavy atom. The van der Waals surface area contributed by atoms with Gasteiger partial charge in [0.25, 0.3) is 0 Å². The molecule has 0 saturated heterocycles. The van der Waals surface area contributed by atoms with E-state index in [1.165, 1.54) is 131 Å². The zero-order valence-corrected chi connectivity index (χ0v) is 69.2. The molecule has 124 heavy (non-hydrogen) atoms. The molecule has 0 spiro atoms. The van der Waals surface area contributed by atoms with Crippen molar-refractivity contribution < 1.29 is 8.83 Å². The highest BCUT2D eigenvalue weighted by molar-refractivity contribution is 7.26. The number of anilines is 6. The Balaban J connectivity index is 0.000000141. The summed E-state index contributed by atoms with van der Waals surface area (Å²) in [6.45, 7) is 4.68. The third-order valence-electron chi connectivity index (χ3n) is 26.7. The quantitative estimate of drug-likeness (QED) is 0.115. The van der Waals surface area contributed by atoms with Gasteiger partial charge in [0.15, 0.2) is 0 Å². The van der Waals surface area contributed by atoms with Crippen molar-refractivity contribution in [2.24, 2.45) is 0 Å². The van der Waals surface area contributed by atoms with E-state index >= 15 is 0 Å². The summed E-state index contributed by atoms with van der Waals surface area (Å²) in [5.74, 6) is 0. The minimum absolute atomic E-state index is 0.139. The summed E-state index contributed by atoms with van der Waals surface area (Å²) in [6.07, 6.45) is 0. The Hall–Kier alpha value is -15.4. The zero-order valence-electron chi connectivity index (χ0n) is 68.3. The van der Waals surface area contributed by atoms with E-state index in [2.05, 4.69) is 460 Å². The first-order valence-electron chi connectivity index (χ1n) is 42.8. The highest BCUT2D eigenvalue weighted by Crippen LogP contribution is 2.60. The van der Waals surface area contributed by atoms with Crippen molar-refractivity contribution in [3.05, 3.63) is 505 Å². The van der Waals surface area contributed by atoms with Crippen LogP contribution >= 0.6 is 11.3 Å². The Morgan fingerprint density at radius 1 is 0.210 bits per heavy atom. The number of hydrogen-bond donors (Lipinski definition) is 0. The molecule has 0 saturated carbocycles. The van der Waals surface area contributed by atoms with Crippen LogP contribution in [-0.2, 0) is 16.2 Å². The average Bonchev–Trinajstić information content (AvgIpc) is 1.54. The van der Waals surface area contributed by atoms with Crippen molar-refractivity contribution in [3.8, 4) is 66.8 Å². The van der Waals surface area contributed by atoms with Crippen molar-refractivity contribution >= 4 is 110 Å². The molecule has 25 rings (SSSR count). The number of nitrogens with zero attached hydrogens (tertiary/aromatic N) is 2. The fourth-order valence-electron chi connectivity index (χ4n) is 21.1. The standard InChI is InChI=1S/C64H43NO2.C55H37NS/c1-63(2)55-23-10-6-17-47(55)50-35-32-44(38-58(50)63)65(45-33-36-52-51-20-9-13-26-59(51)66-61(52)39-45)43-30-27-40(28-31-43)46-21-14-22-54-53-34-29-42(37-60(53)67-62(46)54)64(41-15-4-3-5-16-41)56-24-11-7-18-48(56)49-19-8-12-25-57(49)64;1-4-18-41(19-5-1)55(51-28-12-10-24-47(51)48-25-11-13-29-52(48)55)42-32-35-53-50(37-42)49-27-15-26-46(54(49)57-53)40-17-14-16-39(36-40)38-30-33-45(34-31-38)56(43-20-6-2-7-21-43)44-22-8-3-9-23-44/h3-39H,1-2H3;1-37H. The summed E-state index contributed by atoms with van der Waals surface area (Å²) < 4.78 is 16.1. The van der Waals surface area contributed by atoms with Crippen LogP contribution in [0.2, 0.25) is 0 Å². The fraction of sp³-hybridized carbons (Fsp3) is 0.0420. The van der Waals surface area contributed by atoms with Gasteiger partial charge in [0.2, 0.25) is 0 Å². The topological polar surface area (TPSA) is 32.8 Å². The van der Waals surface area contributed by atoms with Crippen LogP contribution in [0, 0.1) is 0 Å². The van der Waals surface area contributed by atoms with Crippen LogP contribution in [0.15, 0.2) is 458 Å². The fourth-order valence-corrected chi connectivity index (χ4v) is 22.4. The predicted octanol–water partition coefficient (Wildman–Crippen LogP) is 32.5. The maximum atomic E-state index is 7.05. The summed E-state index contributed by atoms with van der Waals surface area (Å²) in [5.41, 5.74) is 36.8. The minimum Gasteiger partial charge on any atom is -0.456 e. The van der Waals surface area contributed by atoms with Gasteiger partial charge < -0.3 is 18.6 Å². The Labute approximate surface area is 724 Å². The van der Waals surface area contributed by atoms with Crippen LogP contribution < -0.4 is 9.80 Å². The van der Waals surface area contributed by atoms with Crippen molar-refractivity contribution in [1.29, 1.82) is 0 Å². The maximum absolute atomic E-state index is 7.05. The lowest BCUT2D eigenvalue weighted by atomic mass is 9.67. The van der Waals surface area contributed by atoms with Gasteiger partial charge in [0.05, 0.1) is 10.8 Å². The maximum Gasteiger partial charge on any atom is 0.143 e. The summed E-state index contributed by atoms with van der Waals surface area (Å²) in [4.78, 5) is 4.67. The first-order valence-corrected chi connectivity index (χ1v) is 43.6. The monoisotopic (exact) mass is 1600 g/mol. The molecule has 19 aromatic carbocycles. The third-order valence-corrected chi connectivity index (χ3v) is 27.9. The summed E-state index contributed by atoms with van der Waals surface area (Å²) in [5, 5.41) is 7.05. The van der Waals surface area contributed by atoms with Gasteiger partial charge in [0.1, 0.15) is 22.3 Å². The second kappa shape index (κ2) is 28.9. The van der Waals surface area contributed by atoms with Crippen LogP contribution in [-0.4, -0.2) is 0 Å². The Bertz CT molecular complexity index is 7830. The minimum atomic E-state index is -0.500. The highest BCUT2D eigenvalue weighted by Gasteiger charge is 2.48. The molecular formula is C119H80N2O2S. The van der Waals surface area contributed by atoms with Gasteiger partial charge >= 0.3 is 0 Å². The van der Waals surface area contributed by atoms with E-state index in [0.29, 0.717) is 0 Å². The van der Waals surface area contributed by atoms with Crippen molar-refractivity contribution in [3.63, 3.8) is 0 Å². The molecule has 0 unspecified atom stereocenters. The van der Waals surface area contributed by atoms with Crippen molar-refractivity contribution in [2.45, 2.75) is 30.1 Å². The molecule has 0 N–H and O–H groups in total. The highest BCUT2D eigenvalue weighted by atomic mass is 32.1. The zero-order chi connectivity index (χ0) is 82.2. The van der Waals surface area contributed by atoms with E-state index in [9.17, 15) is 0 Å². The molecule has 3 aliphatic rings. The molecule has 3 aromatic heterocycles. The molecule has 0 radical (unpaired) electrons. The Morgan fingerprint density at radius 2 is 0.613 bits per heavy atom.